The van der Waals surface area contributed by atoms with Crippen molar-refractivity contribution in [3.05, 3.63) is 102 Å². The third kappa shape index (κ3) is 6.15. The van der Waals surface area contributed by atoms with Gasteiger partial charge in [0.25, 0.3) is 10.1 Å². The number of benzene rings is 3. The van der Waals surface area contributed by atoms with Gasteiger partial charge in [-0.25, -0.2) is 9.59 Å². The number of rotatable bonds is 9. The molecule has 3 aromatic rings. The minimum absolute atomic E-state index is 0.0575. The SMILES string of the molecule is Cc1ccc(S(=O)(=O)O[C@H]2C[C@H](COC(=O)c3ccccc3)[C@H]2COC(=O)c2ccccc2)cc1. The van der Waals surface area contributed by atoms with Crippen molar-refractivity contribution < 1.29 is 31.7 Å². The van der Waals surface area contributed by atoms with Crippen molar-refractivity contribution in [2.45, 2.75) is 24.3 Å². The highest BCUT2D eigenvalue weighted by Gasteiger charge is 2.46. The minimum atomic E-state index is -4.01. The van der Waals surface area contributed by atoms with E-state index in [0.717, 1.165) is 5.56 Å². The summed E-state index contributed by atoms with van der Waals surface area (Å²) in [6.45, 7) is 1.86. The Labute approximate surface area is 204 Å². The molecule has 0 aliphatic heterocycles. The Kier molecular flexibility index (Phi) is 7.63. The lowest BCUT2D eigenvalue weighted by atomic mass is 9.72. The van der Waals surface area contributed by atoms with Gasteiger partial charge in [0.05, 0.1) is 35.3 Å². The van der Waals surface area contributed by atoms with Crippen LogP contribution in [0.25, 0.3) is 0 Å². The molecule has 7 nitrogen and oxygen atoms in total. The van der Waals surface area contributed by atoms with Gasteiger partial charge in [0, 0.05) is 11.8 Å². The third-order valence-corrected chi connectivity index (χ3v) is 7.38. The fourth-order valence-corrected chi connectivity index (χ4v) is 5.02. The molecule has 0 unspecified atom stereocenters. The molecular formula is C27H26O7S. The number of aryl methyl sites for hydroxylation is 1. The van der Waals surface area contributed by atoms with Crippen molar-refractivity contribution in [3.63, 3.8) is 0 Å². The van der Waals surface area contributed by atoms with E-state index < -0.39 is 34.1 Å². The molecule has 0 spiro atoms. The molecule has 0 amide bonds. The number of esters is 2. The zero-order valence-corrected chi connectivity index (χ0v) is 20.0. The van der Waals surface area contributed by atoms with Gasteiger partial charge in [0.1, 0.15) is 0 Å². The molecule has 3 atom stereocenters. The van der Waals surface area contributed by atoms with Crippen molar-refractivity contribution in [1.29, 1.82) is 0 Å². The molecule has 1 saturated carbocycles. The van der Waals surface area contributed by atoms with Crippen LogP contribution in [0.3, 0.4) is 0 Å². The van der Waals surface area contributed by atoms with Gasteiger partial charge in [-0.1, -0.05) is 54.1 Å². The van der Waals surface area contributed by atoms with Gasteiger partial charge in [-0.15, -0.1) is 0 Å². The summed E-state index contributed by atoms with van der Waals surface area (Å²) in [6, 6.07) is 23.5. The van der Waals surface area contributed by atoms with Gasteiger partial charge in [0.2, 0.25) is 0 Å². The first kappa shape index (κ1) is 24.6. The molecule has 182 valence electrons. The molecule has 3 aromatic carbocycles. The van der Waals surface area contributed by atoms with Crippen LogP contribution in [0.5, 0.6) is 0 Å². The monoisotopic (exact) mass is 494 g/mol. The molecule has 1 fully saturated rings. The maximum Gasteiger partial charge on any atom is 0.338 e. The number of hydrogen-bond donors (Lipinski definition) is 0. The summed E-state index contributed by atoms with van der Waals surface area (Å²) in [5, 5.41) is 0. The smallest absolute Gasteiger partial charge is 0.338 e. The number of carbonyl (C=O) groups excluding carboxylic acids is 2. The second-order valence-corrected chi connectivity index (χ2v) is 10.1. The van der Waals surface area contributed by atoms with Gasteiger partial charge in [-0.05, 0) is 49.7 Å². The summed E-state index contributed by atoms with van der Waals surface area (Å²) >= 11 is 0. The maximum atomic E-state index is 12.8. The lowest BCUT2D eigenvalue weighted by Gasteiger charge is -2.42. The first-order valence-corrected chi connectivity index (χ1v) is 12.7. The predicted octanol–water partition coefficient (Wildman–Crippen LogP) is 4.42. The van der Waals surface area contributed by atoms with Crippen LogP contribution in [0, 0.1) is 18.8 Å². The Morgan fingerprint density at radius 3 is 1.83 bits per heavy atom. The van der Waals surface area contributed by atoms with E-state index in [-0.39, 0.29) is 24.0 Å². The highest BCUT2D eigenvalue weighted by atomic mass is 32.2. The van der Waals surface area contributed by atoms with Crippen LogP contribution in [0.4, 0.5) is 0 Å². The van der Waals surface area contributed by atoms with Crippen molar-refractivity contribution in [2.24, 2.45) is 11.8 Å². The first-order valence-electron chi connectivity index (χ1n) is 11.3. The molecule has 35 heavy (non-hydrogen) atoms. The molecule has 0 saturated heterocycles. The fourth-order valence-electron chi connectivity index (χ4n) is 3.89. The molecule has 0 heterocycles. The molecule has 0 aromatic heterocycles. The van der Waals surface area contributed by atoms with E-state index in [1.54, 1.807) is 72.8 Å². The van der Waals surface area contributed by atoms with Crippen LogP contribution in [0.15, 0.2) is 89.8 Å². The second kappa shape index (κ2) is 10.8. The Morgan fingerprint density at radius 2 is 1.29 bits per heavy atom. The van der Waals surface area contributed by atoms with Gasteiger partial charge in [-0.2, -0.15) is 8.42 Å². The fraction of sp³-hybridized carbons (Fsp3) is 0.259. The maximum absolute atomic E-state index is 12.8. The lowest BCUT2D eigenvalue weighted by molar-refractivity contribution is -0.0706. The summed E-state index contributed by atoms with van der Waals surface area (Å²) in [5.74, 6) is -1.66. The zero-order valence-electron chi connectivity index (χ0n) is 19.2. The van der Waals surface area contributed by atoms with Crippen LogP contribution in [0.1, 0.15) is 32.7 Å². The molecule has 0 radical (unpaired) electrons. The van der Waals surface area contributed by atoms with Crippen molar-refractivity contribution in [1.82, 2.24) is 0 Å². The topological polar surface area (TPSA) is 96.0 Å². The van der Waals surface area contributed by atoms with Crippen LogP contribution in [0.2, 0.25) is 0 Å². The van der Waals surface area contributed by atoms with Crippen LogP contribution in [-0.4, -0.2) is 39.7 Å². The van der Waals surface area contributed by atoms with E-state index in [1.807, 2.05) is 6.92 Å². The van der Waals surface area contributed by atoms with E-state index in [0.29, 0.717) is 17.5 Å². The van der Waals surface area contributed by atoms with E-state index in [4.69, 9.17) is 13.7 Å². The average Bonchev–Trinajstić information content (AvgIpc) is 2.86. The first-order chi connectivity index (χ1) is 16.8. The summed E-state index contributed by atoms with van der Waals surface area (Å²) in [7, 11) is -4.01. The Morgan fingerprint density at radius 1 is 0.771 bits per heavy atom. The summed E-state index contributed by atoms with van der Waals surface area (Å²) < 4.78 is 42.0. The molecule has 0 N–H and O–H groups in total. The van der Waals surface area contributed by atoms with Gasteiger partial charge < -0.3 is 9.47 Å². The third-order valence-electron chi connectivity index (χ3n) is 6.03. The van der Waals surface area contributed by atoms with Crippen molar-refractivity contribution >= 4 is 22.1 Å². The lowest BCUT2D eigenvalue weighted by Crippen LogP contribution is -2.49. The number of hydrogen-bond acceptors (Lipinski definition) is 7. The molecular weight excluding hydrogens is 468 g/mol. The highest BCUT2D eigenvalue weighted by Crippen LogP contribution is 2.39. The molecule has 1 aliphatic carbocycles. The molecule has 4 rings (SSSR count). The Balaban J connectivity index is 1.42. The summed E-state index contributed by atoms with van der Waals surface area (Å²) in [4.78, 5) is 24.8. The van der Waals surface area contributed by atoms with E-state index in [2.05, 4.69) is 0 Å². The molecule has 8 heteroatoms. The average molecular weight is 495 g/mol. The van der Waals surface area contributed by atoms with E-state index in [1.165, 1.54) is 12.1 Å². The molecule has 0 bridgehead atoms. The quantitative estimate of drug-likeness (QED) is 0.321. The zero-order chi connectivity index (χ0) is 24.8. The van der Waals surface area contributed by atoms with Crippen LogP contribution >= 0.6 is 0 Å². The largest absolute Gasteiger partial charge is 0.462 e. The van der Waals surface area contributed by atoms with Crippen molar-refractivity contribution in [2.75, 3.05) is 13.2 Å². The Bertz CT molecular complexity index is 1260. The van der Waals surface area contributed by atoms with E-state index >= 15 is 0 Å². The second-order valence-electron chi connectivity index (χ2n) is 8.49. The number of carbonyl (C=O) groups is 2. The molecule has 1 aliphatic rings. The Hall–Kier alpha value is -3.49. The van der Waals surface area contributed by atoms with Crippen LogP contribution in [-0.2, 0) is 23.8 Å². The summed E-state index contributed by atoms with van der Waals surface area (Å²) in [5.41, 5.74) is 1.75. The summed E-state index contributed by atoms with van der Waals surface area (Å²) in [6.07, 6.45) is -0.355. The standard InChI is InChI=1S/C27H26O7S/c1-19-12-14-23(15-13-19)35(30,31)34-25-16-22(17-32-26(28)20-8-4-2-5-9-20)24(25)18-33-27(29)21-10-6-3-7-11-21/h2-15,22,24-25H,16-18H2,1H3/t22-,24-,25+/m1/s1. The van der Waals surface area contributed by atoms with Gasteiger partial charge in [0.15, 0.2) is 0 Å². The van der Waals surface area contributed by atoms with E-state index in [9.17, 15) is 18.0 Å². The van der Waals surface area contributed by atoms with Gasteiger partial charge >= 0.3 is 11.9 Å². The van der Waals surface area contributed by atoms with Crippen molar-refractivity contribution in [3.8, 4) is 0 Å². The van der Waals surface area contributed by atoms with Crippen LogP contribution < -0.4 is 0 Å². The minimum Gasteiger partial charge on any atom is -0.462 e. The normalized spacial score (nSPS) is 19.4. The highest BCUT2D eigenvalue weighted by molar-refractivity contribution is 7.86. The number of ether oxygens (including phenoxy) is 2. The van der Waals surface area contributed by atoms with Gasteiger partial charge in [-0.3, -0.25) is 4.18 Å². The predicted molar refractivity (Wildman–Crippen MR) is 128 cm³/mol.